The van der Waals surface area contributed by atoms with E-state index in [9.17, 15) is 38.4 Å². The van der Waals surface area contributed by atoms with Gasteiger partial charge < -0.3 is 36.4 Å². The second kappa shape index (κ2) is 27.6. The molecule has 0 spiro atoms. The van der Waals surface area contributed by atoms with E-state index in [0.717, 1.165) is 69.9 Å². The Morgan fingerprint density at radius 2 is 1.16 bits per heavy atom. The quantitative estimate of drug-likeness (QED) is 0.0370. The Hall–Kier alpha value is -7.56. The van der Waals surface area contributed by atoms with Crippen molar-refractivity contribution in [1.82, 2.24) is 51.4 Å². The number of likely N-dealkylation sites (N-methyl/N-ethyl adjacent to an activating group) is 2. The van der Waals surface area contributed by atoms with Crippen molar-refractivity contribution in [3.63, 3.8) is 0 Å². The van der Waals surface area contributed by atoms with Crippen LogP contribution < -0.4 is 44.1 Å². The predicted molar refractivity (Wildman–Crippen MR) is 332 cm³/mol. The van der Waals surface area contributed by atoms with E-state index in [1.165, 1.54) is 20.4 Å². The van der Waals surface area contributed by atoms with Gasteiger partial charge in [-0.3, -0.25) is 53.4 Å². The highest BCUT2D eigenvalue weighted by Crippen LogP contribution is 2.37. The molecule has 10 atom stereocenters. The van der Waals surface area contributed by atoms with Gasteiger partial charge in [0.2, 0.25) is 23.6 Å². The van der Waals surface area contributed by atoms with Crippen LogP contribution in [0.15, 0.2) is 97.1 Å². The van der Waals surface area contributed by atoms with Crippen molar-refractivity contribution in [1.29, 1.82) is 0 Å². The van der Waals surface area contributed by atoms with Gasteiger partial charge in [0, 0.05) is 36.7 Å². The number of nitrogens with two attached hydrogens (primary N) is 3. The minimum Gasteiger partial charge on any atom is -0.347 e. The first-order valence-corrected chi connectivity index (χ1v) is 30.7. The molecule has 0 aromatic heterocycles. The molecule has 4 aliphatic rings. The molecule has 87 heavy (non-hydrogen) atoms. The molecule has 8 amide bonds. The maximum atomic E-state index is 14.8. The van der Waals surface area contributed by atoms with Crippen molar-refractivity contribution in [2.45, 2.75) is 180 Å². The lowest BCUT2D eigenvalue weighted by Gasteiger charge is -2.40. The van der Waals surface area contributed by atoms with Crippen molar-refractivity contribution in [3.8, 4) is 0 Å². The van der Waals surface area contributed by atoms with Crippen molar-refractivity contribution in [3.05, 3.63) is 142 Å². The zero-order valence-corrected chi connectivity index (χ0v) is 52.2. The van der Waals surface area contributed by atoms with Crippen LogP contribution in [0.25, 0.3) is 0 Å². The number of carbonyl (C=O) groups excluding carboxylic acids is 8. The van der Waals surface area contributed by atoms with E-state index in [1.54, 1.807) is 52.2 Å². The fraction of sp³-hybridized carbons (Fsp3) is 0.515. The summed E-state index contributed by atoms with van der Waals surface area (Å²) in [6.45, 7) is 14.3. The summed E-state index contributed by atoms with van der Waals surface area (Å²) < 4.78 is 0. The van der Waals surface area contributed by atoms with E-state index in [-0.39, 0.29) is 49.7 Å². The number of hydrogen-bond acceptors (Lipinski definition) is 13. The van der Waals surface area contributed by atoms with Gasteiger partial charge in [-0.2, -0.15) is 0 Å². The highest BCUT2D eigenvalue weighted by molar-refractivity contribution is 5.98. The van der Waals surface area contributed by atoms with E-state index in [2.05, 4.69) is 32.7 Å². The summed E-state index contributed by atoms with van der Waals surface area (Å²) in [5.74, 6) is 16.4. The summed E-state index contributed by atoms with van der Waals surface area (Å²) >= 11 is 0. The van der Waals surface area contributed by atoms with Gasteiger partial charge in [-0.15, -0.1) is 0 Å². The molecular weight excluding hydrogens is 1100 g/mol. The molecular formula is C66H91N13O8. The summed E-state index contributed by atoms with van der Waals surface area (Å²) in [5, 5.41) is 18.3. The third kappa shape index (κ3) is 14.9. The molecule has 11 N–H and O–H groups in total. The predicted octanol–water partition coefficient (Wildman–Crippen LogP) is 4.29. The molecule has 21 heteroatoms. The zero-order chi connectivity index (χ0) is 63.2. The van der Waals surface area contributed by atoms with Crippen LogP contribution in [0.4, 0.5) is 0 Å². The molecule has 4 aromatic carbocycles. The minimum absolute atomic E-state index is 0.0223. The molecule has 2 aliphatic heterocycles. The number of aryl methyl sites for hydroxylation is 4. The number of benzene rings is 4. The number of nitrogens with one attached hydrogen (secondary N) is 5. The molecule has 0 bridgehead atoms. The van der Waals surface area contributed by atoms with Crippen LogP contribution in [0.3, 0.4) is 0 Å². The van der Waals surface area contributed by atoms with Crippen molar-refractivity contribution in [2.75, 3.05) is 27.2 Å². The molecule has 21 nitrogen and oxygen atoms in total. The van der Waals surface area contributed by atoms with Crippen LogP contribution in [0.2, 0.25) is 0 Å². The second-order valence-corrected chi connectivity index (χ2v) is 26.3. The molecule has 2 saturated heterocycles. The Labute approximate surface area is 512 Å². The first-order valence-electron chi connectivity index (χ1n) is 30.7. The van der Waals surface area contributed by atoms with Crippen LogP contribution in [0, 0.1) is 10.8 Å². The van der Waals surface area contributed by atoms with Crippen molar-refractivity contribution in [2.24, 2.45) is 28.4 Å². The highest BCUT2D eigenvalue weighted by Gasteiger charge is 2.50. The average molecular weight is 1190 g/mol. The fourth-order valence-electron chi connectivity index (χ4n) is 12.7. The smallest absolute Gasteiger partial charge is 0.268 e. The third-order valence-corrected chi connectivity index (χ3v) is 18.0. The van der Waals surface area contributed by atoms with E-state index < -0.39 is 94.7 Å². The minimum atomic E-state index is -1.12. The average Bonchev–Trinajstić information content (AvgIpc) is 1.88. The number of hydrogen-bond donors (Lipinski definition) is 8. The SMILES string of the molecule is CN[C@@H](C)C(=O)N[C@H](C(=O)N1C[C@H](N(N)C(=O)c2ccc(CCc3ccc(C(=O)N[C@@H]4C[C@@H](C(=O)N[C@@H]5CCCc6ccccc65)N(C(=O)[C@@H](N(N)C(=O)[C@H](C)NC)C(C)(C)C)C4)cc3)cc2)C[C@H]1C(=O)N(N)[C@@H]1CCCc2ccccc21)C(C)(C)C. The molecule has 2 aliphatic carbocycles. The molecule has 0 unspecified atom stereocenters. The van der Waals surface area contributed by atoms with Gasteiger partial charge in [0.15, 0.2) is 0 Å². The Morgan fingerprint density at radius 3 is 1.75 bits per heavy atom. The summed E-state index contributed by atoms with van der Waals surface area (Å²) in [5.41, 5.74) is 5.30. The van der Waals surface area contributed by atoms with Gasteiger partial charge in [0.05, 0.1) is 30.2 Å². The van der Waals surface area contributed by atoms with Crippen molar-refractivity contribution >= 4 is 47.3 Å². The largest absolute Gasteiger partial charge is 0.347 e. The van der Waals surface area contributed by atoms with E-state index in [1.807, 2.05) is 108 Å². The highest BCUT2D eigenvalue weighted by atomic mass is 16.2. The summed E-state index contributed by atoms with van der Waals surface area (Å²) in [7, 11) is 3.28. The van der Waals surface area contributed by atoms with E-state index in [4.69, 9.17) is 17.5 Å². The number of likely N-dealkylation sites (tertiary alicyclic amines) is 2. The fourth-order valence-corrected chi connectivity index (χ4v) is 12.7. The summed E-state index contributed by atoms with van der Waals surface area (Å²) in [4.78, 5) is 116. The molecule has 8 rings (SSSR count). The van der Waals surface area contributed by atoms with Gasteiger partial charge in [0.1, 0.15) is 24.2 Å². The van der Waals surface area contributed by atoms with Gasteiger partial charge in [-0.05, 0) is 154 Å². The molecule has 468 valence electrons. The number of carbonyl (C=O) groups is 8. The Morgan fingerprint density at radius 1 is 0.609 bits per heavy atom. The summed E-state index contributed by atoms with van der Waals surface area (Å²) in [6, 6.07) is 22.8. The van der Waals surface area contributed by atoms with Crippen molar-refractivity contribution < 1.29 is 38.4 Å². The van der Waals surface area contributed by atoms with Crippen LogP contribution >= 0.6 is 0 Å². The van der Waals surface area contributed by atoms with Crippen LogP contribution in [-0.4, -0.2) is 148 Å². The van der Waals surface area contributed by atoms with E-state index in [0.29, 0.717) is 30.4 Å². The Balaban J connectivity index is 0.915. The van der Waals surface area contributed by atoms with Gasteiger partial charge in [0.25, 0.3) is 23.6 Å². The van der Waals surface area contributed by atoms with E-state index >= 15 is 0 Å². The normalized spacial score (nSPS) is 21.5. The number of nitrogens with zero attached hydrogens (tertiary/aromatic N) is 5. The second-order valence-electron chi connectivity index (χ2n) is 26.3. The number of fused-ring (bicyclic) bond motifs is 2. The Bertz CT molecular complexity index is 3160. The first kappa shape index (κ1) is 65.4. The monoisotopic (exact) mass is 1190 g/mol. The molecule has 4 aromatic rings. The van der Waals surface area contributed by atoms with Crippen LogP contribution in [0.1, 0.15) is 160 Å². The lowest BCUT2D eigenvalue weighted by molar-refractivity contribution is -0.154. The lowest BCUT2D eigenvalue weighted by Crippen LogP contribution is -2.63. The van der Waals surface area contributed by atoms with Gasteiger partial charge in [-0.1, -0.05) is 114 Å². The third-order valence-electron chi connectivity index (χ3n) is 18.0. The molecule has 2 fully saturated rings. The topological polar surface area (TPSA) is 291 Å². The number of amides is 8. The molecule has 0 radical (unpaired) electrons. The maximum absolute atomic E-state index is 14.8. The number of hydrazine groups is 3. The van der Waals surface area contributed by atoms with Crippen LogP contribution in [0.5, 0.6) is 0 Å². The zero-order valence-electron chi connectivity index (χ0n) is 52.2. The standard InChI is InChI=1S/C66H91N13O8/c1-39(70-9)57(80)74-55(65(3,4)5)63(86)76-38-48(36-54(76)62(85)78(68)52-24-16-20-44-18-12-14-22-50(44)52)77(67)61(84)46-33-29-42(30-34-46)26-25-41-27-31-45(32-28-41)58(81)72-47-35-53(59(82)73-51-23-15-19-43-17-11-13-21-49(43)51)75(37-47)64(87)56(66(6,7)8)79(69)60(83)40(2)71-10/h11-14,17-18,21-22,27-34,39-40,47-48,51-56,70-71H,15-16,19-20,23-26,35-38,67-69H2,1-10H3,(H,72,81)(H,73,82)(H,74,80)/t39-,40-,47+,48+,51+,52+,53-,54-,55+,56+/m0/s1. The first-order chi connectivity index (χ1) is 41.2. The maximum Gasteiger partial charge on any atom is 0.268 e. The lowest BCUT2D eigenvalue weighted by atomic mass is 9.84. The molecule has 0 saturated carbocycles. The number of rotatable bonds is 19. The molecule has 2 heterocycles. The van der Waals surface area contributed by atoms with Gasteiger partial charge in [-0.25, -0.2) is 17.5 Å². The van der Waals surface area contributed by atoms with Gasteiger partial charge >= 0.3 is 0 Å². The Kier molecular flexibility index (Phi) is 20.8. The summed E-state index contributed by atoms with van der Waals surface area (Å²) in [6.07, 6.45) is 6.26. The van der Waals surface area contributed by atoms with Crippen LogP contribution in [-0.2, 0) is 54.5 Å².